The third-order valence-electron chi connectivity index (χ3n) is 2.89. The number of para-hydroxylation sites is 2. The van der Waals surface area contributed by atoms with E-state index < -0.39 is 0 Å². The molecule has 0 radical (unpaired) electrons. The van der Waals surface area contributed by atoms with Crippen LogP contribution >= 0.6 is 0 Å². The first kappa shape index (κ1) is 11.8. The number of benzene rings is 1. The summed E-state index contributed by atoms with van der Waals surface area (Å²) in [5, 5.41) is 11.2. The van der Waals surface area contributed by atoms with Crippen molar-refractivity contribution in [2.75, 3.05) is 11.9 Å². The molecule has 0 bridgehead atoms. The monoisotopic (exact) mass is 257 g/mol. The van der Waals surface area contributed by atoms with Gasteiger partial charge in [0.15, 0.2) is 11.5 Å². The first-order valence-electron chi connectivity index (χ1n) is 6.42. The third kappa shape index (κ3) is 2.31. The topological polar surface area (TPSA) is 56.3 Å². The number of aromatic nitrogens is 2. The standard InChI is InChI=1S/C14H15N3O2/c1-2-3-8-15-10-9-16-17-14-13(10)18-11-6-4-5-7-12(11)19-14/h4-7,9H,2-3,8H2,1H3,(H,15,17). The molecule has 0 saturated heterocycles. The van der Waals surface area contributed by atoms with Crippen molar-refractivity contribution in [1.82, 2.24) is 10.2 Å². The van der Waals surface area contributed by atoms with E-state index in [2.05, 4.69) is 22.4 Å². The van der Waals surface area contributed by atoms with Crippen molar-refractivity contribution in [3.8, 4) is 23.1 Å². The van der Waals surface area contributed by atoms with Gasteiger partial charge < -0.3 is 14.8 Å². The van der Waals surface area contributed by atoms with Crippen molar-refractivity contribution in [3.63, 3.8) is 0 Å². The smallest absolute Gasteiger partial charge is 0.284 e. The Morgan fingerprint density at radius 3 is 2.74 bits per heavy atom. The lowest BCUT2D eigenvalue weighted by Crippen LogP contribution is -2.08. The highest BCUT2D eigenvalue weighted by Gasteiger charge is 2.23. The number of fused-ring (bicyclic) bond motifs is 2. The van der Waals surface area contributed by atoms with E-state index in [1.807, 2.05) is 24.3 Å². The normalized spacial score (nSPS) is 11.8. The summed E-state index contributed by atoms with van der Waals surface area (Å²) in [6.07, 6.45) is 3.88. The average molecular weight is 257 g/mol. The lowest BCUT2D eigenvalue weighted by Gasteiger charge is -2.21. The molecule has 1 aliphatic rings. The molecule has 0 saturated carbocycles. The number of rotatable bonds is 4. The summed E-state index contributed by atoms with van der Waals surface area (Å²) in [6.45, 7) is 3.03. The zero-order chi connectivity index (χ0) is 13.1. The summed E-state index contributed by atoms with van der Waals surface area (Å²) in [4.78, 5) is 0. The van der Waals surface area contributed by atoms with Crippen LogP contribution in [0.4, 0.5) is 5.69 Å². The van der Waals surface area contributed by atoms with Gasteiger partial charge in [-0.15, -0.1) is 5.10 Å². The largest absolute Gasteiger partial charge is 0.445 e. The van der Waals surface area contributed by atoms with Crippen LogP contribution in [-0.2, 0) is 0 Å². The Morgan fingerprint density at radius 1 is 1.16 bits per heavy atom. The average Bonchev–Trinajstić information content (AvgIpc) is 2.46. The quantitative estimate of drug-likeness (QED) is 0.724. The first-order chi connectivity index (χ1) is 9.38. The van der Waals surface area contributed by atoms with Crippen LogP contribution in [0.2, 0.25) is 0 Å². The molecule has 98 valence electrons. The zero-order valence-electron chi connectivity index (χ0n) is 10.7. The van der Waals surface area contributed by atoms with E-state index in [4.69, 9.17) is 9.47 Å². The summed E-state index contributed by atoms with van der Waals surface area (Å²) in [5.74, 6) is 2.36. The van der Waals surface area contributed by atoms with Crippen LogP contribution in [0.25, 0.3) is 0 Å². The second-order valence-electron chi connectivity index (χ2n) is 4.32. The van der Waals surface area contributed by atoms with Gasteiger partial charge in [-0.2, -0.15) is 5.10 Å². The highest BCUT2D eigenvalue weighted by atomic mass is 16.6. The molecular weight excluding hydrogens is 242 g/mol. The van der Waals surface area contributed by atoms with Crippen molar-refractivity contribution in [1.29, 1.82) is 0 Å². The maximum absolute atomic E-state index is 5.85. The number of nitrogens with zero attached hydrogens (tertiary/aromatic N) is 2. The SMILES string of the molecule is CCCCNc1cnnc2c1Oc1ccccc1O2. The highest BCUT2D eigenvalue weighted by Crippen LogP contribution is 2.46. The van der Waals surface area contributed by atoms with E-state index in [0.717, 1.165) is 25.1 Å². The Bertz CT molecular complexity index is 587. The van der Waals surface area contributed by atoms with E-state index in [1.165, 1.54) is 0 Å². The van der Waals surface area contributed by atoms with Crippen LogP contribution in [-0.4, -0.2) is 16.7 Å². The molecule has 0 unspecified atom stereocenters. The zero-order valence-corrected chi connectivity index (χ0v) is 10.7. The van der Waals surface area contributed by atoms with Gasteiger partial charge in [0.05, 0.1) is 6.20 Å². The molecule has 5 heteroatoms. The van der Waals surface area contributed by atoms with Crippen molar-refractivity contribution in [3.05, 3.63) is 30.5 Å². The van der Waals surface area contributed by atoms with Gasteiger partial charge in [-0.1, -0.05) is 25.5 Å². The van der Waals surface area contributed by atoms with Crippen LogP contribution in [0.15, 0.2) is 30.5 Å². The molecule has 0 amide bonds. The summed E-state index contributed by atoms with van der Waals surface area (Å²) < 4.78 is 11.5. The molecular formula is C14H15N3O2. The van der Waals surface area contributed by atoms with Crippen molar-refractivity contribution >= 4 is 5.69 Å². The third-order valence-corrected chi connectivity index (χ3v) is 2.89. The van der Waals surface area contributed by atoms with Crippen LogP contribution in [0, 0.1) is 0 Å². The van der Waals surface area contributed by atoms with E-state index in [1.54, 1.807) is 6.20 Å². The number of unbranched alkanes of at least 4 members (excludes halogenated alkanes) is 1. The number of hydrogen-bond donors (Lipinski definition) is 1. The van der Waals surface area contributed by atoms with Crippen LogP contribution in [0.3, 0.4) is 0 Å². The van der Waals surface area contributed by atoms with Gasteiger partial charge in [0.25, 0.3) is 5.88 Å². The molecule has 0 aliphatic carbocycles. The van der Waals surface area contributed by atoms with Gasteiger partial charge in [0.2, 0.25) is 5.75 Å². The van der Waals surface area contributed by atoms with Crippen LogP contribution < -0.4 is 14.8 Å². The van der Waals surface area contributed by atoms with E-state index in [-0.39, 0.29) is 0 Å². The summed E-state index contributed by atoms with van der Waals surface area (Å²) in [5.41, 5.74) is 0.813. The van der Waals surface area contributed by atoms with Gasteiger partial charge in [-0.3, -0.25) is 0 Å². The van der Waals surface area contributed by atoms with Gasteiger partial charge in [0, 0.05) is 6.54 Å². The molecule has 1 N–H and O–H groups in total. The molecule has 2 aromatic rings. The minimum atomic E-state index is 0.403. The Kier molecular flexibility index (Phi) is 3.18. The molecule has 1 aromatic carbocycles. The molecule has 3 rings (SSSR count). The molecule has 5 nitrogen and oxygen atoms in total. The van der Waals surface area contributed by atoms with E-state index in [0.29, 0.717) is 23.1 Å². The van der Waals surface area contributed by atoms with Gasteiger partial charge in [0.1, 0.15) is 5.69 Å². The fourth-order valence-electron chi connectivity index (χ4n) is 1.88. The molecule has 0 fully saturated rings. The summed E-state index contributed by atoms with van der Waals surface area (Å²) in [6, 6.07) is 7.52. The molecule has 0 atom stereocenters. The molecule has 0 spiro atoms. The van der Waals surface area contributed by atoms with Crippen molar-refractivity contribution < 1.29 is 9.47 Å². The number of nitrogens with one attached hydrogen (secondary N) is 1. The molecule has 1 aromatic heterocycles. The van der Waals surface area contributed by atoms with Crippen LogP contribution in [0.5, 0.6) is 23.1 Å². The van der Waals surface area contributed by atoms with E-state index >= 15 is 0 Å². The summed E-state index contributed by atoms with van der Waals surface area (Å²) >= 11 is 0. The fraction of sp³-hybridized carbons (Fsp3) is 0.286. The number of ether oxygens (including phenoxy) is 2. The Balaban J connectivity index is 1.88. The second-order valence-corrected chi connectivity index (χ2v) is 4.32. The van der Waals surface area contributed by atoms with Gasteiger partial charge in [-0.05, 0) is 18.6 Å². The van der Waals surface area contributed by atoms with Crippen molar-refractivity contribution in [2.24, 2.45) is 0 Å². The Labute approximate surface area is 111 Å². The Hall–Kier alpha value is -2.30. The molecule has 1 aliphatic heterocycles. The Morgan fingerprint density at radius 2 is 1.95 bits per heavy atom. The van der Waals surface area contributed by atoms with Crippen molar-refractivity contribution in [2.45, 2.75) is 19.8 Å². The predicted octanol–water partition coefficient (Wildman–Crippen LogP) is 3.59. The highest BCUT2D eigenvalue weighted by molar-refractivity contribution is 5.64. The fourth-order valence-corrected chi connectivity index (χ4v) is 1.88. The maximum Gasteiger partial charge on any atom is 0.284 e. The lowest BCUT2D eigenvalue weighted by molar-refractivity contribution is 0.344. The molecule has 2 heterocycles. The molecule has 19 heavy (non-hydrogen) atoms. The van der Waals surface area contributed by atoms with Gasteiger partial charge >= 0.3 is 0 Å². The minimum absolute atomic E-state index is 0.403. The predicted molar refractivity (Wildman–Crippen MR) is 72.0 cm³/mol. The number of hydrogen-bond acceptors (Lipinski definition) is 5. The second kappa shape index (κ2) is 5.14. The lowest BCUT2D eigenvalue weighted by atomic mass is 10.3. The van der Waals surface area contributed by atoms with Crippen LogP contribution in [0.1, 0.15) is 19.8 Å². The maximum atomic E-state index is 5.85. The van der Waals surface area contributed by atoms with Gasteiger partial charge in [-0.25, -0.2) is 0 Å². The summed E-state index contributed by atoms with van der Waals surface area (Å²) in [7, 11) is 0. The number of anilines is 1. The van der Waals surface area contributed by atoms with E-state index in [9.17, 15) is 0 Å². The minimum Gasteiger partial charge on any atom is -0.445 e. The first-order valence-corrected chi connectivity index (χ1v) is 6.42.